The van der Waals surface area contributed by atoms with Crippen molar-refractivity contribution in [2.24, 2.45) is 0 Å². The molecule has 1 amide bonds. The lowest BCUT2D eigenvalue weighted by Crippen LogP contribution is -2.44. The van der Waals surface area contributed by atoms with Crippen LogP contribution in [-0.4, -0.2) is 59.2 Å². The molecule has 0 aliphatic carbocycles. The van der Waals surface area contributed by atoms with Crippen molar-refractivity contribution >= 4 is 17.7 Å². The van der Waals surface area contributed by atoms with Crippen LogP contribution in [0.4, 0.5) is 0 Å². The summed E-state index contributed by atoms with van der Waals surface area (Å²) in [5.41, 5.74) is -0.570. The van der Waals surface area contributed by atoms with E-state index < -0.39 is 5.60 Å². The first-order valence-corrected chi connectivity index (χ1v) is 7.55. The quantitative estimate of drug-likeness (QED) is 0.738. The lowest BCUT2D eigenvalue weighted by atomic mass is 9.95. The van der Waals surface area contributed by atoms with E-state index in [1.165, 1.54) is 0 Å². The Bertz CT molecular complexity index is 239. The normalized spacial score (nSPS) is 19.0. The molecule has 1 aliphatic heterocycles. The highest BCUT2D eigenvalue weighted by atomic mass is 32.2. The Morgan fingerprint density at radius 1 is 1.35 bits per heavy atom. The summed E-state index contributed by atoms with van der Waals surface area (Å²) in [6.45, 7) is 7.27. The number of rotatable bonds is 6. The first-order valence-electron chi connectivity index (χ1n) is 6.40. The lowest BCUT2D eigenvalue weighted by molar-refractivity contribution is -0.127. The zero-order valence-electron chi connectivity index (χ0n) is 10.9. The fourth-order valence-electron chi connectivity index (χ4n) is 2.03. The number of piperidine rings is 1. The van der Waals surface area contributed by atoms with Gasteiger partial charge in [0.25, 0.3) is 0 Å². The number of hydrogen-bond acceptors (Lipinski definition) is 4. The summed E-state index contributed by atoms with van der Waals surface area (Å²) in [6.07, 6.45) is 1.58. The Kier molecular flexibility index (Phi) is 6.30. The molecule has 4 nitrogen and oxygen atoms in total. The molecular weight excluding hydrogens is 236 g/mol. The van der Waals surface area contributed by atoms with Crippen LogP contribution in [0.5, 0.6) is 0 Å². The van der Waals surface area contributed by atoms with Gasteiger partial charge in [-0.25, -0.2) is 0 Å². The Hall–Kier alpha value is -0.260. The molecule has 1 fully saturated rings. The number of nitrogens with zero attached hydrogens (tertiary/aromatic N) is 1. The van der Waals surface area contributed by atoms with Crippen molar-refractivity contribution < 1.29 is 9.90 Å². The molecule has 1 heterocycles. The second kappa shape index (κ2) is 7.24. The molecule has 17 heavy (non-hydrogen) atoms. The van der Waals surface area contributed by atoms with Crippen LogP contribution in [0.25, 0.3) is 0 Å². The van der Waals surface area contributed by atoms with Crippen LogP contribution in [-0.2, 0) is 4.79 Å². The van der Waals surface area contributed by atoms with Crippen LogP contribution < -0.4 is 5.32 Å². The van der Waals surface area contributed by atoms with E-state index in [9.17, 15) is 9.90 Å². The first-order chi connectivity index (χ1) is 8.11. The number of hydrogen-bond donors (Lipinski definition) is 2. The van der Waals surface area contributed by atoms with E-state index >= 15 is 0 Å². The van der Waals surface area contributed by atoms with Gasteiger partial charge in [0.1, 0.15) is 0 Å². The molecule has 0 saturated carbocycles. The molecule has 0 atom stereocenters. The third-order valence-electron chi connectivity index (χ3n) is 3.25. The van der Waals surface area contributed by atoms with Crippen LogP contribution in [0.3, 0.4) is 0 Å². The van der Waals surface area contributed by atoms with Gasteiger partial charge >= 0.3 is 0 Å². The van der Waals surface area contributed by atoms with Gasteiger partial charge in [0, 0.05) is 18.8 Å². The summed E-state index contributed by atoms with van der Waals surface area (Å²) in [5, 5.41) is 13.5. The summed E-state index contributed by atoms with van der Waals surface area (Å²) in [6, 6.07) is 0. The molecule has 0 radical (unpaired) electrons. The molecule has 1 saturated heterocycles. The predicted molar refractivity (Wildman–Crippen MR) is 72.3 cm³/mol. The summed E-state index contributed by atoms with van der Waals surface area (Å²) in [7, 11) is 0. The van der Waals surface area contributed by atoms with Crippen LogP contribution in [0.15, 0.2) is 0 Å². The number of nitrogens with one attached hydrogen (secondary N) is 1. The molecule has 0 unspecified atom stereocenters. The molecule has 2 N–H and O–H groups in total. The van der Waals surface area contributed by atoms with E-state index in [0.717, 1.165) is 39.0 Å². The summed E-state index contributed by atoms with van der Waals surface area (Å²) in [5.74, 6) is 1.33. The fourth-order valence-corrected chi connectivity index (χ4v) is 3.16. The average molecular weight is 260 g/mol. The minimum absolute atomic E-state index is 0.178. The van der Waals surface area contributed by atoms with Crippen molar-refractivity contribution in [1.82, 2.24) is 10.2 Å². The topological polar surface area (TPSA) is 52.6 Å². The van der Waals surface area contributed by atoms with E-state index in [2.05, 4.69) is 5.32 Å². The van der Waals surface area contributed by atoms with Crippen LogP contribution in [0, 0.1) is 0 Å². The van der Waals surface area contributed by atoms with E-state index in [4.69, 9.17) is 0 Å². The minimum Gasteiger partial charge on any atom is -0.389 e. The number of carbonyl (C=O) groups excluding carboxylic acids is 1. The highest BCUT2D eigenvalue weighted by Gasteiger charge is 2.29. The average Bonchev–Trinajstić information content (AvgIpc) is 2.31. The Balaban J connectivity index is 2.24. The van der Waals surface area contributed by atoms with Crippen LogP contribution in [0.2, 0.25) is 0 Å². The zero-order chi connectivity index (χ0) is 12.7. The first kappa shape index (κ1) is 14.8. The summed E-state index contributed by atoms with van der Waals surface area (Å²) in [4.78, 5) is 13.6. The number of aliphatic hydroxyl groups is 1. The van der Waals surface area contributed by atoms with Gasteiger partial charge in [0.15, 0.2) is 0 Å². The largest absolute Gasteiger partial charge is 0.389 e. The smallest absolute Gasteiger partial charge is 0.232 e. The highest BCUT2D eigenvalue weighted by Crippen LogP contribution is 2.23. The second-order valence-corrected chi connectivity index (χ2v) is 5.52. The molecule has 0 spiro atoms. The van der Waals surface area contributed by atoms with Gasteiger partial charge in [-0.05, 0) is 39.8 Å². The Labute approximate surface area is 108 Å². The fraction of sp³-hybridized carbons (Fsp3) is 0.917. The zero-order valence-corrected chi connectivity index (χ0v) is 11.7. The van der Waals surface area contributed by atoms with E-state index in [0.29, 0.717) is 11.5 Å². The van der Waals surface area contributed by atoms with Gasteiger partial charge < -0.3 is 15.3 Å². The van der Waals surface area contributed by atoms with Crippen LogP contribution >= 0.6 is 11.8 Å². The number of amides is 1. The van der Waals surface area contributed by atoms with Crippen LogP contribution in [0.1, 0.15) is 26.7 Å². The predicted octanol–water partition coefficient (Wildman–Crippen LogP) is 0.703. The maximum absolute atomic E-state index is 11.8. The van der Waals surface area contributed by atoms with Crippen molar-refractivity contribution in [3.63, 3.8) is 0 Å². The van der Waals surface area contributed by atoms with Gasteiger partial charge in [-0.2, -0.15) is 0 Å². The number of thioether (sulfide) groups is 1. The molecule has 1 rings (SSSR count). The van der Waals surface area contributed by atoms with Gasteiger partial charge in [-0.3, -0.25) is 4.79 Å². The molecule has 5 heteroatoms. The van der Waals surface area contributed by atoms with E-state index in [1.807, 2.05) is 18.7 Å². The number of carbonyl (C=O) groups is 1. The molecule has 0 aromatic carbocycles. The maximum Gasteiger partial charge on any atom is 0.232 e. The standard InChI is InChI=1S/C12H24N2O2S/c1-3-14(4-2)11(15)9-17-10-12(16)5-7-13-8-6-12/h13,16H,3-10H2,1-2H3. The molecule has 1 aliphatic rings. The molecule has 0 aromatic rings. The van der Waals surface area contributed by atoms with Crippen molar-refractivity contribution in [1.29, 1.82) is 0 Å². The SMILES string of the molecule is CCN(CC)C(=O)CSCC1(O)CCNCC1. The molecule has 0 aromatic heterocycles. The Morgan fingerprint density at radius 3 is 2.47 bits per heavy atom. The third kappa shape index (κ3) is 4.85. The third-order valence-corrected chi connectivity index (χ3v) is 4.44. The van der Waals surface area contributed by atoms with E-state index in [-0.39, 0.29) is 5.91 Å². The van der Waals surface area contributed by atoms with Crippen molar-refractivity contribution in [2.75, 3.05) is 37.7 Å². The van der Waals surface area contributed by atoms with Gasteiger partial charge in [0.05, 0.1) is 11.4 Å². The van der Waals surface area contributed by atoms with Crippen molar-refractivity contribution in [3.8, 4) is 0 Å². The van der Waals surface area contributed by atoms with Crippen molar-refractivity contribution in [3.05, 3.63) is 0 Å². The minimum atomic E-state index is -0.570. The lowest BCUT2D eigenvalue weighted by Gasteiger charge is -2.32. The molecular formula is C12H24N2O2S. The van der Waals surface area contributed by atoms with Crippen molar-refractivity contribution in [2.45, 2.75) is 32.3 Å². The van der Waals surface area contributed by atoms with Gasteiger partial charge in [-0.1, -0.05) is 0 Å². The summed E-state index contributed by atoms with van der Waals surface area (Å²) >= 11 is 1.56. The Morgan fingerprint density at radius 2 is 1.94 bits per heavy atom. The maximum atomic E-state index is 11.8. The monoisotopic (exact) mass is 260 g/mol. The molecule has 0 bridgehead atoms. The van der Waals surface area contributed by atoms with Gasteiger partial charge in [0.2, 0.25) is 5.91 Å². The summed E-state index contributed by atoms with van der Waals surface area (Å²) < 4.78 is 0. The molecule has 100 valence electrons. The highest BCUT2D eigenvalue weighted by molar-refractivity contribution is 8.00. The van der Waals surface area contributed by atoms with E-state index in [1.54, 1.807) is 11.8 Å². The van der Waals surface area contributed by atoms with Gasteiger partial charge in [-0.15, -0.1) is 11.8 Å². The second-order valence-electron chi connectivity index (χ2n) is 4.53.